The van der Waals surface area contributed by atoms with Crippen LogP contribution >= 0.6 is 0 Å². The van der Waals surface area contributed by atoms with Gasteiger partial charge in [-0.1, -0.05) is 27.7 Å². The summed E-state index contributed by atoms with van der Waals surface area (Å²) in [7, 11) is 0. The van der Waals surface area contributed by atoms with Gasteiger partial charge in [-0.2, -0.15) is 0 Å². The minimum absolute atomic E-state index is 0.119. The summed E-state index contributed by atoms with van der Waals surface area (Å²) in [6.45, 7) is 14.4. The van der Waals surface area contributed by atoms with Crippen molar-refractivity contribution in [3.05, 3.63) is 5.92 Å². The molecule has 0 aromatic heterocycles. The van der Waals surface area contributed by atoms with E-state index in [1.807, 2.05) is 18.7 Å². The molecule has 1 atom stereocenters. The Bertz CT molecular complexity index is 238. The monoisotopic (exact) mass is 225 g/mol. The topological polar surface area (TPSA) is 23.6 Å². The van der Waals surface area contributed by atoms with Crippen LogP contribution in [-0.4, -0.2) is 47.9 Å². The van der Waals surface area contributed by atoms with Crippen molar-refractivity contribution in [1.82, 2.24) is 9.80 Å². The molecule has 0 spiro atoms. The van der Waals surface area contributed by atoms with Crippen LogP contribution in [-0.2, 0) is 4.79 Å². The third-order valence-corrected chi connectivity index (χ3v) is 3.03. The lowest BCUT2D eigenvalue weighted by molar-refractivity contribution is -0.138. The second-order valence-electron chi connectivity index (χ2n) is 5.48. The SMILES string of the molecule is C[C](C)CN1CCN(C(=O)C(C)C)[C@H](C)C1. The fourth-order valence-corrected chi connectivity index (χ4v) is 2.28. The lowest BCUT2D eigenvalue weighted by Crippen LogP contribution is -2.55. The van der Waals surface area contributed by atoms with Gasteiger partial charge in [0.1, 0.15) is 0 Å². The Balaban J connectivity index is 2.49. The normalized spacial score (nSPS) is 23.2. The van der Waals surface area contributed by atoms with Gasteiger partial charge >= 0.3 is 0 Å². The van der Waals surface area contributed by atoms with E-state index in [2.05, 4.69) is 25.7 Å². The average molecular weight is 225 g/mol. The molecule has 1 heterocycles. The highest BCUT2D eigenvalue weighted by molar-refractivity contribution is 5.78. The zero-order valence-corrected chi connectivity index (χ0v) is 11.3. The molecule has 0 aromatic carbocycles. The van der Waals surface area contributed by atoms with E-state index in [0.717, 1.165) is 26.2 Å². The maximum absolute atomic E-state index is 11.9. The van der Waals surface area contributed by atoms with Crippen molar-refractivity contribution in [1.29, 1.82) is 0 Å². The van der Waals surface area contributed by atoms with Crippen molar-refractivity contribution >= 4 is 5.91 Å². The van der Waals surface area contributed by atoms with Crippen LogP contribution in [0.3, 0.4) is 0 Å². The first-order valence-electron chi connectivity index (χ1n) is 6.23. The number of nitrogens with zero attached hydrogens (tertiary/aromatic N) is 2. The number of hydrogen-bond donors (Lipinski definition) is 0. The Kier molecular flexibility index (Phi) is 4.78. The molecule has 0 aromatic rings. The van der Waals surface area contributed by atoms with Crippen LogP contribution in [0, 0.1) is 11.8 Å². The molecule has 1 rings (SSSR count). The zero-order valence-electron chi connectivity index (χ0n) is 11.3. The molecule has 1 amide bonds. The number of rotatable bonds is 3. The van der Waals surface area contributed by atoms with E-state index in [0.29, 0.717) is 11.9 Å². The molecular weight excluding hydrogens is 200 g/mol. The molecule has 0 bridgehead atoms. The summed E-state index contributed by atoms with van der Waals surface area (Å²) in [4.78, 5) is 16.4. The van der Waals surface area contributed by atoms with Gasteiger partial charge in [0, 0.05) is 38.1 Å². The summed E-state index contributed by atoms with van der Waals surface area (Å²) in [5.74, 6) is 1.86. The average Bonchev–Trinajstić information content (AvgIpc) is 2.15. The highest BCUT2D eigenvalue weighted by atomic mass is 16.2. The lowest BCUT2D eigenvalue weighted by Gasteiger charge is -2.41. The maximum atomic E-state index is 11.9. The standard InChI is InChI=1S/C13H25N2O/c1-10(2)8-14-6-7-15(12(5)9-14)13(16)11(3)4/h11-12H,6-9H2,1-5H3/t12-/m1/s1. The molecule has 1 radical (unpaired) electrons. The first-order valence-corrected chi connectivity index (χ1v) is 6.23. The van der Waals surface area contributed by atoms with Crippen molar-refractivity contribution in [3.8, 4) is 0 Å². The van der Waals surface area contributed by atoms with E-state index in [1.54, 1.807) is 0 Å². The van der Waals surface area contributed by atoms with E-state index in [9.17, 15) is 4.79 Å². The molecule has 1 fully saturated rings. The van der Waals surface area contributed by atoms with Gasteiger partial charge < -0.3 is 4.90 Å². The van der Waals surface area contributed by atoms with E-state index < -0.39 is 0 Å². The van der Waals surface area contributed by atoms with Crippen molar-refractivity contribution < 1.29 is 4.79 Å². The van der Waals surface area contributed by atoms with Gasteiger partial charge in [0.05, 0.1) is 0 Å². The second kappa shape index (κ2) is 5.67. The van der Waals surface area contributed by atoms with E-state index in [-0.39, 0.29) is 5.92 Å². The van der Waals surface area contributed by atoms with Gasteiger partial charge in [-0.05, 0) is 12.8 Å². The molecule has 0 N–H and O–H groups in total. The molecule has 0 aliphatic carbocycles. The highest BCUT2D eigenvalue weighted by Gasteiger charge is 2.28. The summed E-state index contributed by atoms with van der Waals surface area (Å²) < 4.78 is 0. The molecule has 16 heavy (non-hydrogen) atoms. The van der Waals surface area contributed by atoms with Gasteiger partial charge in [0.25, 0.3) is 0 Å². The first kappa shape index (κ1) is 13.5. The van der Waals surface area contributed by atoms with Gasteiger partial charge in [-0.15, -0.1) is 0 Å². The Morgan fingerprint density at radius 3 is 2.38 bits per heavy atom. The number of carbonyl (C=O) groups excluding carboxylic acids is 1. The minimum Gasteiger partial charge on any atom is -0.337 e. The third-order valence-electron chi connectivity index (χ3n) is 3.03. The first-order chi connectivity index (χ1) is 7.41. The molecule has 3 heteroatoms. The summed E-state index contributed by atoms with van der Waals surface area (Å²) in [5, 5.41) is 0. The number of hydrogen-bond acceptors (Lipinski definition) is 2. The van der Waals surface area contributed by atoms with E-state index >= 15 is 0 Å². The number of piperazine rings is 1. The Hall–Kier alpha value is -0.570. The van der Waals surface area contributed by atoms with E-state index in [4.69, 9.17) is 0 Å². The van der Waals surface area contributed by atoms with Crippen LogP contribution in [0.15, 0.2) is 0 Å². The van der Waals surface area contributed by atoms with Gasteiger partial charge in [0.2, 0.25) is 5.91 Å². The lowest BCUT2D eigenvalue weighted by atomic mass is 10.1. The fourth-order valence-electron chi connectivity index (χ4n) is 2.28. The summed E-state index contributed by atoms with van der Waals surface area (Å²) in [6, 6.07) is 0.350. The Morgan fingerprint density at radius 2 is 1.94 bits per heavy atom. The summed E-state index contributed by atoms with van der Waals surface area (Å²) >= 11 is 0. The second-order valence-corrected chi connectivity index (χ2v) is 5.48. The largest absolute Gasteiger partial charge is 0.337 e. The highest BCUT2D eigenvalue weighted by Crippen LogP contribution is 2.14. The van der Waals surface area contributed by atoms with Crippen molar-refractivity contribution in [2.75, 3.05) is 26.2 Å². The molecule has 1 aliphatic rings. The smallest absolute Gasteiger partial charge is 0.225 e. The molecule has 0 unspecified atom stereocenters. The molecular formula is C13H25N2O. The zero-order chi connectivity index (χ0) is 12.3. The maximum Gasteiger partial charge on any atom is 0.225 e. The van der Waals surface area contributed by atoms with Gasteiger partial charge in [-0.3, -0.25) is 9.69 Å². The fraction of sp³-hybridized carbons (Fsp3) is 0.846. The van der Waals surface area contributed by atoms with Crippen molar-refractivity contribution in [3.63, 3.8) is 0 Å². The van der Waals surface area contributed by atoms with Gasteiger partial charge in [0.15, 0.2) is 0 Å². The summed E-state index contributed by atoms with van der Waals surface area (Å²) in [5.41, 5.74) is 0. The predicted molar refractivity (Wildman–Crippen MR) is 67.0 cm³/mol. The van der Waals surface area contributed by atoms with Crippen LogP contribution in [0.1, 0.15) is 34.6 Å². The number of amides is 1. The van der Waals surface area contributed by atoms with E-state index in [1.165, 1.54) is 5.92 Å². The van der Waals surface area contributed by atoms with Crippen LogP contribution in [0.25, 0.3) is 0 Å². The molecule has 0 saturated carbocycles. The van der Waals surface area contributed by atoms with Crippen molar-refractivity contribution in [2.24, 2.45) is 5.92 Å². The van der Waals surface area contributed by atoms with Gasteiger partial charge in [-0.25, -0.2) is 0 Å². The third kappa shape index (κ3) is 3.48. The van der Waals surface area contributed by atoms with Crippen LogP contribution in [0.4, 0.5) is 0 Å². The summed E-state index contributed by atoms with van der Waals surface area (Å²) in [6.07, 6.45) is 0. The molecule has 93 valence electrons. The molecule has 3 nitrogen and oxygen atoms in total. The minimum atomic E-state index is 0.119. The van der Waals surface area contributed by atoms with Crippen LogP contribution in [0.5, 0.6) is 0 Å². The quantitative estimate of drug-likeness (QED) is 0.731. The molecule has 1 aliphatic heterocycles. The van der Waals surface area contributed by atoms with Crippen molar-refractivity contribution in [2.45, 2.75) is 40.7 Å². The predicted octanol–water partition coefficient (Wildman–Crippen LogP) is 1.79. The molecule has 1 saturated heterocycles. The van der Waals surface area contributed by atoms with Crippen LogP contribution < -0.4 is 0 Å². The Labute approximate surface area is 99.8 Å². The Morgan fingerprint density at radius 1 is 1.31 bits per heavy atom. The number of carbonyl (C=O) groups is 1. The van der Waals surface area contributed by atoms with Crippen LogP contribution in [0.2, 0.25) is 0 Å².